The lowest BCUT2D eigenvalue weighted by Crippen LogP contribution is -2.38. The molecule has 1 heterocycles. The summed E-state index contributed by atoms with van der Waals surface area (Å²) >= 11 is 0. The van der Waals surface area contributed by atoms with E-state index < -0.39 is 11.3 Å². The van der Waals surface area contributed by atoms with Crippen molar-refractivity contribution in [3.8, 4) is 0 Å². The molecule has 1 aromatic rings. The summed E-state index contributed by atoms with van der Waals surface area (Å²) < 4.78 is 26.3. The van der Waals surface area contributed by atoms with Gasteiger partial charge in [-0.3, -0.25) is 10.1 Å². The molecule has 2 rings (SSSR count). The zero-order chi connectivity index (χ0) is 14.7. The Hall–Kier alpha value is -1.76. The van der Waals surface area contributed by atoms with E-state index in [0.717, 1.165) is 18.9 Å². The monoisotopic (exact) mass is 285 g/mol. The van der Waals surface area contributed by atoms with Gasteiger partial charge in [-0.2, -0.15) is 0 Å². The summed E-state index contributed by atoms with van der Waals surface area (Å²) in [7, 11) is 0. The van der Waals surface area contributed by atoms with Gasteiger partial charge in [0.05, 0.1) is 4.92 Å². The number of non-ortho nitro benzene ring substituents is 1. The molecule has 1 aliphatic rings. The Bertz CT molecular complexity index is 497. The number of rotatable bonds is 4. The SMILES string of the molecule is NCC1CCCN(c2ccc([N+](=O)[O-])cc2C(F)F)C1. The number of hydrogen-bond acceptors (Lipinski definition) is 4. The maximum absolute atomic E-state index is 13.1. The lowest BCUT2D eigenvalue weighted by molar-refractivity contribution is -0.385. The molecule has 110 valence electrons. The van der Waals surface area contributed by atoms with Gasteiger partial charge in [-0.15, -0.1) is 0 Å². The molecule has 0 spiro atoms. The van der Waals surface area contributed by atoms with Crippen molar-refractivity contribution < 1.29 is 13.7 Å². The molecule has 1 aliphatic heterocycles. The minimum atomic E-state index is -2.73. The van der Waals surface area contributed by atoms with E-state index in [1.807, 2.05) is 4.90 Å². The third-order valence-electron chi connectivity index (χ3n) is 3.65. The molecule has 1 fully saturated rings. The molecule has 1 aromatic carbocycles. The Morgan fingerprint density at radius 2 is 2.25 bits per heavy atom. The van der Waals surface area contributed by atoms with Crippen molar-refractivity contribution >= 4 is 11.4 Å². The topological polar surface area (TPSA) is 72.4 Å². The van der Waals surface area contributed by atoms with Crippen molar-refractivity contribution in [2.24, 2.45) is 11.7 Å². The Morgan fingerprint density at radius 1 is 1.50 bits per heavy atom. The molecule has 0 aromatic heterocycles. The molecule has 1 atom stereocenters. The van der Waals surface area contributed by atoms with Crippen LogP contribution in [0.15, 0.2) is 18.2 Å². The van der Waals surface area contributed by atoms with Crippen molar-refractivity contribution in [3.05, 3.63) is 33.9 Å². The first-order valence-corrected chi connectivity index (χ1v) is 6.54. The van der Waals surface area contributed by atoms with Crippen LogP contribution in [0.4, 0.5) is 20.2 Å². The van der Waals surface area contributed by atoms with Gasteiger partial charge in [0.1, 0.15) is 0 Å². The second kappa shape index (κ2) is 6.13. The molecule has 1 unspecified atom stereocenters. The number of nitro benzene ring substituents is 1. The molecular weight excluding hydrogens is 268 g/mol. The average Bonchev–Trinajstić information content (AvgIpc) is 2.46. The van der Waals surface area contributed by atoms with Gasteiger partial charge >= 0.3 is 0 Å². The first-order valence-electron chi connectivity index (χ1n) is 6.54. The van der Waals surface area contributed by atoms with Crippen LogP contribution in [0.1, 0.15) is 24.8 Å². The highest BCUT2D eigenvalue weighted by Gasteiger charge is 2.25. The van der Waals surface area contributed by atoms with E-state index in [1.54, 1.807) is 0 Å². The van der Waals surface area contributed by atoms with Gasteiger partial charge in [0.15, 0.2) is 0 Å². The van der Waals surface area contributed by atoms with Crippen LogP contribution in [-0.4, -0.2) is 24.6 Å². The van der Waals surface area contributed by atoms with E-state index >= 15 is 0 Å². The predicted octanol–water partition coefficient (Wildman–Crippen LogP) is 2.71. The van der Waals surface area contributed by atoms with E-state index in [4.69, 9.17) is 5.73 Å². The first-order chi connectivity index (χ1) is 9.52. The average molecular weight is 285 g/mol. The van der Waals surface area contributed by atoms with Crippen LogP contribution < -0.4 is 10.6 Å². The highest BCUT2D eigenvalue weighted by Crippen LogP contribution is 2.34. The molecule has 0 aliphatic carbocycles. The highest BCUT2D eigenvalue weighted by molar-refractivity contribution is 5.58. The highest BCUT2D eigenvalue weighted by atomic mass is 19.3. The Kier molecular flexibility index (Phi) is 4.49. The number of hydrogen-bond donors (Lipinski definition) is 1. The van der Waals surface area contributed by atoms with Gasteiger partial charge in [-0.05, 0) is 31.4 Å². The van der Waals surface area contributed by atoms with Crippen LogP contribution in [0.3, 0.4) is 0 Å². The fourth-order valence-electron chi connectivity index (χ4n) is 2.59. The van der Waals surface area contributed by atoms with E-state index in [1.165, 1.54) is 12.1 Å². The van der Waals surface area contributed by atoms with Crippen LogP contribution in [0.2, 0.25) is 0 Å². The second-order valence-corrected chi connectivity index (χ2v) is 4.99. The molecule has 0 saturated carbocycles. The Morgan fingerprint density at radius 3 is 2.85 bits per heavy atom. The van der Waals surface area contributed by atoms with Crippen LogP contribution in [-0.2, 0) is 0 Å². The molecular formula is C13H17F2N3O2. The molecule has 20 heavy (non-hydrogen) atoms. The normalized spacial score (nSPS) is 19.4. The maximum atomic E-state index is 13.1. The third-order valence-corrected chi connectivity index (χ3v) is 3.65. The minimum Gasteiger partial charge on any atom is -0.371 e. The Labute approximate surface area is 115 Å². The molecule has 7 heteroatoms. The van der Waals surface area contributed by atoms with Crippen LogP contribution in [0, 0.1) is 16.0 Å². The lowest BCUT2D eigenvalue weighted by atomic mass is 9.97. The largest absolute Gasteiger partial charge is 0.371 e. The van der Waals surface area contributed by atoms with Gasteiger partial charge in [0, 0.05) is 36.5 Å². The van der Waals surface area contributed by atoms with Crippen molar-refractivity contribution in [2.45, 2.75) is 19.3 Å². The lowest BCUT2D eigenvalue weighted by Gasteiger charge is -2.35. The van der Waals surface area contributed by atoms with Gasteiger partial charge in [-0.25, -0.2) is 8.78 Å². The molecule has 5 nitrogen and oxygen atoms in total. The van der Waals surface area contributed by atoms with E-state index in [9.17, 15) is 18.9 Å². The number of benzene rings is 1. The predicted molar refractivity (Wildman–Crippen MR) is 72.0 cm³/mol. The third kappa shape index (κ3) is 3.04. The van der Waals surface area contributed by atoms with Crippen LogP contribution in [0.25, 0.3) is 0 Å². The minimum absolute atomic E-state index is 0.281. The Balaban J connectivity index is 2.32. The standard InChI is InChI=1S/C13H17F2N3O2/c14-13(15)11-6-10(18(19)20)3-4-12(11)17-5-1-2-9(7-16)8-17/h3-4,6,9,13H,1-2,5,7-8,16H2. The molecule has 1 saturated heterocycles. The fraction of sp³-hybridized carbons (Fsp3) is 0.538. The zero-order valence-electron chi connectivity index (χ0n) is 11.0. The van der Waals surface area contributed by atoms with Gasteiger partial charge in [-0.1, -0.05) is 0 Å². The summed E-state index contributed by atoms with van der Waals surface area (Å²) in [6.45, 7) is 1.82. The number of piperidine rings is 1. The van der Waals surface area contributed by atoms with Crippen molar-refractivity contribution in [2.75, 3.05) is 24.5 Å². The summed E-state index contributed by atoms with van der Waals surface area (Å²) in [5.74, 6) is 0.282. The fourth-order valence-corrected chi connectivity index (χ4v) is 2.59. The summed E-state index contributed by atoms with van der Waals surface area (Å²) in [5.41, 5.74) is 5.43. The van der Waals surface area contributed by atoms with Gasteiger partial charge < -0.3 is 10.6 Å². The van der Waals surface area contributed by atoms with E-state index in [0.29, 0.717) is 25.3 Å². The summed E-state index contributed by atoms with van der Waals surface area (Å²) in [5, 5.41) is 10.7. The quantitative estimate of drug-likeness (QED) is 0.682. The van der Waals surface area contributed by atoms with Crippen molar-refractivity contribution in [1.82, 2.24) is 0 Å². The maximum Gasteiger partial charge on any atom is 0.270 e. The summed E-state index contributed by atoms with van der Waals surface area (Å²) in [6, 6.07) is 3.65. The molecule has 0 bridgehead atoms. The summed E-state index contributed by atoms with van der Waals surface area (Å²) in [4.78, 5) is 11.9. The van der Waals surface area contributed by atoms with Gasteiger partial charge in [0.2, 0.25) is 0 Å². The number of nitro groups is 1. The molecule has 0 amide bonds. The summed E-state index contributed by atoms with van der Waals surface area (Å²) in [6.07, 6.45) is -0.853. The van der Waals surface area contributed by atoms with Crippen molar-refractivity contribution in [3.63, 3.8) is 0 Å². The first kappa shape index (κ1) is 14.6. The number of halogens is 2. The molecule has 0 radical (unpaired) electrons. The second-order valence-electron chi connectivity index (χ2n) is 4.99. The number of anilines is 1. The van der Waals surface area contributed by atoms with Crippen molar-refractivity contribution in [1.29, 1.82) is 0 Å². The van der Waals surface area contributed by atoms with E-state index in [-0.39, 0.29) is 17.2 Å². The van der Waals surface area contributed by atoms with Gasteiger partial charge in [0.25, 0.3) is 12.1 Å². The zero-order valence-corrected chi connectivity index (χ0v) is 11.0. The van der Waals surface area contributed by atoms with Crippen LogP contribution >= 0.6 is 0 Å². The number of alkyl halides is 2. The van der Waals surface area contributed by atoms with Crippen LogP contribution in [0.5, 0.6) is 0 Å². The van der Waals surface area contributed by atoms with E-state index in [2.05, 4.69) is 0 Å². The number of nitrogens with two attached hydrogens (primary N) is 1. The smallest absolute Gasteiger partial charge is 0.270 e. The molecule has 2 N–H and O–H groups in total. The number of nitrogens with zero attached hydrogens (tertiary/aromatic N) is 2.